The second-order valence-corrected chi connectivity index (χ2v) is 6.72. The Morgan fingerprint density at radius 3 is 2.32 bits per heavy atom. The molecule has 4 aromatic rings. The second kappa shape index (κ2) is 7.22. The molecule has 0 spiro atoms. The largest absolute Gasteiger partial charge is 0.434 e. The number of fused-ring (bicyclic) bond motifs is 1. The summed E-state index contributed by atoms with van der Waals surface area (Å²) in [6.07, 6.45) is -2.96. The van der Waals surface area contributed by atoms with E-state index in [0.29, 0.717) is 18.0 Å². The summed E-state index contributed by atoms with van der Waals surface area (Å²) in [5, 5.41) is 0. The maximum atomic E-state index is 14.3. The average Bonchev–Trinajstić information content (AvgIpc) is 3.11. The molecule has 31 heavy (non-hydrogen) atoms. The summed E-state index contributed by atoms with van der Waals surface area (Å²) in [5.74, 6) is -3.23. The Hall–Kier alpha value is -3.70. The number of benzene rings is 1. The maximum absolute atomic E-state index is 14.3. The van der Waals surface area contributed by atoms with Gasteiger partial charge in [0.15, 0.2) is 17.2 Å². The van der Waals surface area contributed by atoms with Crippen molar-refractivity contribution in [3.8, 4) is 11.5 Å². The Morgan fingerprint density at radius 2 is 1.71 bits per heavy atom. The van der Waals surface area contributed by atoms with Crippen molar-refractivity contribution in [3.63, 3.8) is 0 Å². The monoisotopic (exact) mass is 439 g/mol. The Morgan fingerprint density at radius 1 is 1.03 bits per heavy atom. The molecule has 0 aliphatic rings. The fourth-order valence-corrected chi connectivity index (χ4v) is 3.01. The van der Waals surface area contributed by atoms with E-state index < -0.39 is 46.9 Å². The van der Waals surface area contributed by atoms with Crippen LogP contribution in [0.4, 0.5) is 26.3 Å². The molecule has 3 aromatic heterocycles. The number of H-pyrrole nitrogens is 1. The van der Waals surface area contributed by atoms with Gasteiger partial charge in [-0.3, -0.25) is 4.79 Å². The van der Waals surface area contributed by atoms with Crippen molar-refractivity contribution in [1.82, 2.24) is 24.3 Å². The van der Waals surface area contributed by atoms with Crippen molar-refractivity contribution in [2.24, 2.45) is 0 Å². The molecule has 1 N–H and O–H groups in total. The van der Waals surface area contributed by atoms with Gasteiger partial charge in [0.2, 0.25) is 5.82 Å². The van der Waals surface area contributed by atoms with Crippen molar-refractivity contribution in [3.05, 3.63) is 81.0 Å². The van der Waals surface area contributed by atoms with E-state index in [1.807, 2.05) is 0 Å². The third kappa shape index (κ3) is 3.88. The minimum Gasteiger partial charge on any atom is -0.303 e. The standard InChI is InChI=1S/C19H11F6N5O/c1-8-2-10(20)9(11(21)3-8)4-13-17-28-15(19(23,24)25)7-30(17)6-14(27-13)16-26-5-12(22)18(31)29-16/h2-3,5-7H,4H2,1H3,(H,26,29,31). The molecule has 0 amide bonds. The van der Waals surface area contributed by atoms with Crippen LogP contribution in [-0.4, -0.2) is 24.3 Å². The summed E-state index contributed by atoms with van der Waals surface area (Å²) in [5.41, 5.74) is -3.13. The van der Waals surface area contributed by atoms with Crippen molar-refractivity contribution in [2.45, 2.75) is 19.5 Å². The molecule has 0 saturated carbocycles. The molecular weight excluding hydrogens is 428 g/mol. The lowest BCUT2D eigenvalue weighted by atomic mass is 10.1. The third-order valence-electron chi connectivity index (χ3n) is 4.43. The molecule has 4 rings (SSSR count). The first-order chi connectivity index (χ1) is 14.5. The van der Waals surface area contributed by atoms with Crippen molar-refractivity contribution < 1.29 is 26.3 Å². The van der Waals surface area contributed by atoms with Crippen LogP contribution in [0.15, 0.2) is 35.5 Å². The van der Waals surface area contributed by atoms with Gasteiger partial charge in [0.05, 0.1) is 11.9 Å². The van der Waals surface area contributed by atoms with Gasteiger partial charge in [-0.05, 0) is 24.6 Å². The highest BCUT2D eigenvalue weighted by atomic mass is 19.4. The fourth-order valence-electron chi connectivity index (χ4n) is 3.01. The van der Waals surface area contributed by atoms with Crippen LogP contribution >= 0.6 is 0 Å². The van der Waals surface area contributed by atoms with Crippen LogP contribution in [0.25, 0.3) is 17.2 Å². The van der Waals surface area contributed by atoms with Crippen LogP contribution in [0, 0.1) is 24.4 Å². The van der Waals surface area contributed by atoms with E-state index >= 15 is 0 Å². The van der Waals surface area contributed by atoms with Gasteiger partial charge in [-0.1, -0.05) is 0 Å². The minimum absolute atomic E-state index is 0.154. The molecule has 0 saturated heterocycles. The Balaban J connectivity index is 1.94. The van der Waals surface area contributed by atoms with Gasteiger partial charge < -0.3 is 9.38 Å². The van der Waals surface area contributed by atoms with E-state index in [9.17, 15) is 31.1 Å². The van der Waals surface area contributed by atoms with Gasteiger partial charge in [0, 0.05) is 24.4 Å². The minimum atomic E-state index is -4.79. The summed E-state index contributed by atoms with van der Waals surface area (Å²) in [7, 11) is 0. The smallest absolute Gasteiger partial charge is 0.303 e. The SMILES string of the molecule is Cc1cc(F)c(Cc2nc(-c3ncc(F)c(=O)[nH]3)cn3cc(C(F)(F)F)nc23)c(F)c1. The fraction of sp³-hybridized carbons (Fsp3) is 0.158. The summed E-state index contributed by atoms with van der Waals surface area (Å²) < 4.78 is 82.3. The van der Waals surface area contributed by atoms with E-state index in [1.54, 1.807) is 0 Å². The van der Waals surface area contributed by atoms with Crippen molar-refractivity contribution >= 4 is 5.65 Å². The normalized spacial score (nSPS) is 12.0. The number of hydrogen-bond acceptors (Lipinski definition) is 4. The van der Waals surface area contributed by atoms with Gasteiger partial charge >= 0.3 is 6.18 Å². The lowest BCUT2D eigenvalue weighted by molar-refractivity contribution is -0.140. The van der Waals surface area contributed by atoms with Crippen LogP contribution < -0.4 is 5.56 Å². The first kappa shape index (κ1) is 20.6. The zero-order valence-electron chi connectivity index (χ0n) is 15.6. The van der Waals surface area contributed by atoms with Gasteiger partial charge in [0.1, 0.15) is 17.3 Å². The first-order valence-electron chi connectivity index (χ1n) is 8.68. The number of nitrogens with one attached hydrogen (secondary N) is 1. The molecule has 0 unspecified atom stereocenters. The highest BCUT2D eigenvalue weighted by Crippen LogP contribution is 2.30. The predicted molar refractivity (Wildman–Crippen MR) is 95.7 cm³/mol. The molecular formula is C19H11F6N5O. The highest BCUT2D eigenvalue weighted by molar-refractivity contribution is 5.56. The van der Waals surface area contributed by atoms with Crippen LogP contribution in [-0.2, 0) is 12.6 Å². The molecule has 0 aliphatic carbocycles. The van der Waals surface area contributed by atoms with Gasteiger partial charge in [0.25, 0.3) is 5.56 Å². The second-order valence-electron chi connectivity index (χ2n) is 6.72. The Labute approximate surface area is 169 Å². The zero-order chi connectivity index (χ0) is 22.5. The molecule has 0 atom stereocenters. The quantitative estimate of drug-likeness (QED) is 0.493. The maximum Gasteiger partial charge on any atom is 0.434 e. The molecule has 3 heterocycles. The zero-order valence-corrected chi connectivity index (χ0v) is 15.6. The number of rotatable bonds is 3. The van der Waals surface area contributed by atoms with Crippen molar-refractivity contribution in [1.29, 1.82) is 0 Å². The summed E-state index contributed by atoms with van der Waals surface area (Å²) in [6.45, 7) is 1.48. The summed E-state index contributed by atoms with van der Waals surface area (Å²) >= 11 is 0. The Bertz CT molecular complexity index is 1350. The number of nitrogens with zero attached hydrogens (tertiary/aromatic N) is 4. The lowest BCUT2D eigenvalue weighted by Crippen LogP contribution is -2.13. The topological polar surface area (TPSA) is 75.9 Å². The number of aromatic amines is 1. The van der Waals surface area contributed by atoms with E-state index in [4.69, 9.17) is 0 Å². The van der Waals surface area contributed by atoms with E-state index in [-0.39, 0.29) is 22.9 Å². The molecule has 0 aliphatic heterocycles. The number of alkyl halides is 3. The third-order valence-corrected chi connectivity index (χ3v) is 4.43. The van der Waals surface area contributed by atoms with Gasteiger partial charge in [-0.25, -0.2) is 23.7 Å². The number of aryl methyl sites for hydroxylation is 1. The molecule has 160 valence electrons. The molecule has 6 nitrogen and oxygen atoms in total. The number of hydrogen-bond donors (Lipinski definition) is 1. The van der Waals surface area contributed by atoms with Crippen LogP contribution in [0.1, 0.15) is 22.5 Å². The van der Waals surface area contributed by atoms with Crippen LogP contribution in [0.5, 0.6) is 0 Å². The molecule has 1 aromatic carbocycles. The average molecular weight is 439 g/mol. The molecule has 12 heteroatoms. The van der Waals surface area contributed by atoms with E-state index in [1.165, 1.54) is 6.92 Å². The summed E-state index contributed by atoms with van der Waals surface area (Å²) in [4.78, 5) is 24.9. The number of halogens is 6. The molecule has 0 fully saturated rings. The predicted octanol–water partition coefficient (Wildman–Crippen LogP) is 3.81. The van der Waals surface area contributed by atoms with Gasteiger partial charge in [-0.2, -0.15) is 17.6 Å². The number of imidazole rings is 1. The molecule has 0 radical (unpaired) electrons. The van der Waals surface area contributed by atoms with Crippen molar-refractivity contribution in [2.75, 3.05) is 0 Å². The highest BCUT2D eigenvalue weighted by Gasteiger charge is 2.34. The van der Waals surface area contributed by atoms with E-state index in [0.717, 1.165) is 22.7 Å². The van der Waals surface area contributed by atoms with E-state index in [2.05, 4.69) is 19.9 Å². The molecule has 0 bridgehead atoms. The van der Waals surface area contributed by atoms with Gasteiger partial charge in [-0.15, -0.1) is 0 Å². The summed E-state index contributed by atoms with van der Waals surface area (Å²) in [6, 6.07) is 2.15. The first-order valence-corrected chi connectivity index (χ1v) is 8.68. The van der Waals surface area contributed by atoms with Crippen LogP contribution in [0.3, 0.4) is 0 Å². The Kier molecular flexibility index (Phi) is 4.79. The van der Waals surface area contributed by atoms with Crippen LogP contribution in [0.2, 0.25) is 0 Å². The lowest BCUT2D eigenvalue weighted by Gasteiger charge is -2.09. The number of aromatic nitrogens is 5.